The van der Waals surface area contributed by atoms with Crippen LogP contribution in [0.3, 0.4) is 0 Å². The van der Waals surface area contributed by atoms with E-state index in [9.17, 15) is 9.59 Å². The summed E-state index contributed by atoms with van der Waals surface area (Å²) >= 11 is 1.20. The number of hydrogen-bond acceptors (Lipinski definition) is 5. The average molecular weight is 257 g/mol. The third-order valence-electron chi connectivity index (χ3n) is 1.82. The molecule has 0 aromatic carbocycles. The highest BCUT2D eigenvalue weighted by molar-refractivity contribution is 7.99. The Bertz CT molecular complexity index is 433. The van der Waals surface area contributed by atoms with E-state index in [0.29, 0.717) is 24.0 Å². The highest BCUT2D eigenvalue weighted by Gasteiger charge is 2.04. The normalized spacial score (nSPS) is 10.2. The zero-order valence-corrected chi connectivity index (χ0v) is 10.6. The van der Waals surface area contributed by atoms with Gasteiger partial charge in [0.2, 0.25) is 5.91 Å². The van der Waals surface area contributed by atoms with E-state index in [-0.39, 0.29) is 17.2 Å². The maximum absolute atomic E-state index is 11.4. The Labute approximate surface area is 103 Å². The van der Waals surface area contributed by atoms with Crippen molar-refractivity contribution in [1.82, 2.24) is 15.3 Å². The molecule has 0 aliphatic heterocycles. The van der Waals surface area contributed by atoms with Crippen molar-refractivity contribution >= 4 is 17.7 Å². The molecule has 1 heterocycles. The molecular weight excluding hydrogens is 242 g/mol. The van der Waals surface area contributed by atoms with Gasteiger partial charge < -0.3 is 15.0 Å². The molecule has 0 fully saturated rings. The Morgan fingerprint density at radius 2 is 2.41 bits per heavy atom. The predicted molar refractivity (Wildman–Crippen MR) is 65.2 cm³/mol. The predicted octanol–water partition coefficient (Wildman–Crippen LogP) is -0.0670. The third kappa shape index (κ3) is 5.50. The molecule has 1 rings (SSSR count). The number of carbonyl (C=O) groups is 1. The maximum Gasteiger partial charge on any atom is 0.251 e. The summed E-state index contributed by atoms with van der Waals surface area (Å²) in [5.41, 5.74) is 0.427. The maximum atomic E-state index is 11.4. The Morgan fingerprint density at radius 1 is 1.65 bits per heavy atom. The fourth-order valence-corrected chi connectivity index (χ4v) is 1.85. The van der Waals surface area contributed by atoms with E-state index in [1.165, 1.54) is 17.8 Å². The lowest BCUT2D eigenvalue weighted by molar-refractivity contribution is -0.118. The van der Waals surface area contributed by atoms with Crippen LogP contribution in [-0.4, -0.2) is 41.9 Å². The third-order valence-corrected chi connectivity index (χ3v) is 2.69. The van der Waals surface area contributed by atoms with Crippen molar-refractivity contribution in [2.45, 2.75) is 12.1 Å². The molecule has 17 heavy (non-hydrogen) atoms. The summed E-state index contributed by atoms with van der Waals surface area (Å²) < 4.78 is 4.81. The van der Waals surface area contributed by atoms with Gasteiger partial charge in [-0.15, -0.1) is 0 Å². The number of nitrogens with zero attached hydrogens (tertiary/aromatic N) is 1. The molecule has 0 saturated heterocycles. The van der Waals surface area contributed by atoms with E-state index < -0.39 is 0 Å². The van der Waals surface area contributed by atoms with Gasteiger partial charge in [0.15, 0.2) is 5.16 Å². The number of nitrogens with one attached hydrogen (secondary N) is 2. The van der Waals surface area contributed by atoms with Crippen molar-refractivity contribution in [2.75, 3.05) is 26.0 Å². The topological polar surface area (TPSA) is 84.1 Å². The van der Waals surface area contributed by atoms with Crippen molar-refractivity contribution in [3.63, 3.8) is 0 Å². The van der Waals surface area contributed by atoms with Crippen molar-refractivity contribution in [2.24, 2.45) is 0 Å². The Hall–Kier alpha value is -1.34. The summed E-state index contributed by atoms with van der Waals surface area (Å²) in [5.74, 6) is 0.104. The van der Waals surface area contributed by atoms with Crippen LogP contribution >= 0.6 is 11.8 Å². The van der Waals surface area contributed by atoms with Gasteiger partial charge in [-0.3, -0.25) is 9.59 Å². The number of methoxy groups -OCH3 is 1. The van der Waals surface area contributed by atoms with Crippen LogP contribution < -0.4 is 10.9 Å². The van der Waals surface area contributed by atoms with E-state index in [2.05, 4.69) is 15.3 Å². The van der Waals surface area contributed by atoms with Crippen LogP contribution in [0.2, 0.25) is 0 Å². The fourth-order valence-electron chi connectivity index (χ4n) is 1.10. The number of thioether (sulfide) groups is 1. The molecule has 1 aromatic heterocycles. The highest BCUT2D eigenvalue weighted by Crippen LogP contribution is 2.09. The second-order valence-corrected chi connectivity index (χ2v) is 4.29. The first-order chi connectivity index (χ1) is 8.11. The quantitative estimate of drug-likeness (QED) is 0.423. The molecule has 6 nitrogen and oxygen atoms in total. The number of H-pyrrole nitrogens is 1. The number of carbonyl (C=O) groups excluding carboxylic acids is 1. The van der Waals surface area contributed by atoms with Crippen molar-refractivity contribution in [3.05, 3.63) is 22.1 Å². The zero-order chi connectivity index (χ0) is 12.7. The standard InChI is InChI=1S/C10H15N3O3S/c1-7-5-8(14)13-10(12-7)17-6-9(15)11-3-4-16-2/h5H,3-4,6H2,1-2H3,(H,11,15)(H,12,13,14). The lowest BCUT2D eigenvalue weighted by atomic mass is 10.5. The summed E-state index contributed by atoms with van der Waals surface area (Å²) in [5, 5.41) is 3.13. The number of aromatic nitrogens is 2. The van der Waals surface area contributed by atoms with E-state index in [4.69, 9.17) is 4.74 Å². The van der Waals surface area contributed by atoms with E-state index >= 15 is 0 Å². The summed E-state index contributed by atoms with van der Waals surface area (Å²) in [4.78, 5) is 29.2. The first kappa shape index (κ1) is 13.7. The van der Waals surface area contributed by atoms with E-state index in [0.717, 1.165) is 0 Å². The van der Waals surface area contributed by atoms with E-state index in [1.54, 1.807) is 14.0 Å². The second-order valence-electron chi connectivity index (χ2n) is 3.32. The molecule has 0 bridgehead atoms. The first-order valence-corrected chi connectivity index (χ1v) is 6.07. The molecule has 0 spiro atoms. The van der Waals surface area contributed by atoms with Crippen molar-refractivity contribution in [3.8, 4) is 0 Å². The van der Waals surface area contributed by atoms with Crippen LogP contribution in [0.25, 0.3) is 0 Å². The lowest BCUT2D eigenvalue weighted by Crippen LogP contribution is -2.28. The number of rotatable bonds is 6. The van der Waals surface area contributed by atoms with Crippen molar-refractivity contribution < 1.29 is 9.53 Å². The first-order valence-electron chi connectivity index (χ1n) is 5.08. The van der Waals surface area contributed by atoms with Gasteiger partial charge in [0.25, 0.3) is 5.56 Å². The molecule has 0 aliphatic rings. The summed E-state index contributed by atoms with van der Waals surface area (Å²) in [6.07, 6.45) is 0. The Kier molecular flexibility index (Phi) is 5.71. The summed E-state index contributed by atoms with van der Waals surface area (Å²) in [7, 11) is 1.57. The number of hydrogen-bond donors (Lipinski definition) is 2. The van der Waals surface area contributed by atoms with Gasteiger partial charge in [-0.05, 0) is 6.92 Å². The van der Waals surface area contributed by atoms with Gasteiger partial charge in [0.05, 0.1) is 12.4 Å². The molecular formula is C10H15N3O3S. The SMILES string of the molecule is COCCNC(=O)CSc1nc(C)cc(=O)[nH]1. The molecule has 1 aromatic rings. The van der Waals surface area contributed by atoms with Gasteiger partial charge in [0, 0.05) is 25.4 Å². The Morgan fingerprint density at radius 3 is 3.06 bits per heavy atom. The van der Waals surface area contributed by atoms with Gasteiger partial charge in [-0.1, -0.05) is 11.8 Å². The van der Waals surface area contributed by atoms with Crippen LogP contribution in [0.5, 0.6) is 0 Å². The Balaban J connectivity index is 2.39. The average Bonchev–Trinajstić information content (AvgIpc) is 2.25. The molecule has 94 valence electrons. The molecule has 7 heteroatoms. The molecule has 0 atom stereocenters. The molecule has 1 amide bonds. The smallest absolute Gasteiger partial charge is 0.251 e. The minimum absolute atomic E-state index is 0.115. The van der Waals surface area contributed by atoms with Gasteiger partial charge in [0.1, 0.15) is 0 Å². The number of aromatic amines is 1. The monoisotopic (exact) mass is 257 g/mol. The largest absolute Gasteiger partial charge is 0.383 e. The second kappa shape index (κ2) is 7.08. The van der Waals surface area contributed by atoms with Crippen molar-refractivity contribution in [1.29, 1.82) is 0 Å². The minimum atomic E-state index is -0.209. The highest BCUT2D eigenvalue weighted by atomic mass is 32.2. The number of ether oxygens (including phenoxy) is 1. The number of amides is 1. The zero-order valence-electron chi connectivity index (χ0n) is 9.78. The van der Waals surface area contributed by atoms with Crippen LogP contribution in [0.4, 0.5) is 0 Å². The molecule has 0 aliphatic carbocycles. The lowest BCUT2D eigenvalue weighted by Gasteiger charge is -2.04. The molecule has 2 N–H and O–H groups in total. The summed E-state index contributed by atoms with van der Waals surface area (Å²) in [6, 6.07) is 1.41. The van der Waals surface area contributed by atoms with Crippen LogP contribution in [0.15, 0.2) is 16.0 Å². The van der Waals surface area contributed by atoms with Crippen LogP contribution in [-0.2, 0) is 9.53 Å². The van der Waals surface area contributed by atoms with E-state index in [1.807, 2.05) is 0 Å². The fraction of sp³-hybridized carbons (Fsp3) is 0.500. The molecule has 0 saturated carbocycles. The van der Waals surface area contributed by atoms with Gasteiger partial charge in [-0.2, -0.15) is 0 Å². The molecule has 0 radical (unpaired) electrons. The van der Waals surface area contributed by atoms with Crippen LogP contribution in [0, 0.1) is 6.92 Å². The van der Waals surface area contributed by atoms with Gasteiger partial charge in [-0.25, -0.2) is 4.98 Å². The summed E-state index contributed by atoms with van der Waals surface area (Å²) in [6.45, 7) is 2.70. The molecule has 0 unspecified atom stereocenters. The van der Waals surface area contributed by atoms with Gasteiger partial charge >= 0.3 is 0 Å². The minimum Gasteiger partial charge on any atom is -0.383 e. The number of aryl methyl sites for hydroxylation is 1. The van der Waals surface area contributed by atoms with Crippen LogP contribution in [0.1, 0.15) is 5.69 Å².